The van der Waals surface area contributed by atoms with Crippen LogP contribution in [-0.2, 0) is 4.79 Å². The number of hydrogen-bond acceptors (Lipinski definition) is 4. The number of carbonyl (C=O) groups is 2. The Bertz CT molecular complexity index is 982. The summed E-state index contributed by atoms with van der Waals surface area (Å²) in [6, 6.07) is 11.0. The fourth-order valence-electron chi connectivity index (χ4n) is 3.59. The summed E-state index contributed by atoms with van der Waals surface area (Å²) in [7, 11) is 0. The Hall–Kier alpha value is -3.15. The number of furan rings is 1. The molecule has 0 unspecified atom stereocenters. The quantitative estimate of drug-likeness (QED) is 0.771. The Morgan fingerprint density at radius 2 is 2.11 bits per heavy atom. The number of likely N-dealkylation sites (tertiary alicyclic amines) is 1. The zero-order valence-electron chi connectivity index (χ0n) is 15.1. The minimum atomic E-state index is -0.245. The van der Waals surface area contributed by atoms with Crippen LogP contribution in [0.25, 0.3) is 10.9 Å². The SMILES string of the molecule is Cc1ccc(NC(=O)[C@@H]2CCCN(C(=O)c3ccco3)C2)c2cccnc12. The maximum absolute atomic E-state index is 12.9. The summed E-state index contributed by atoms with van der Waals surface area (Å²) in [4.78, 5) is 31.5. The van der Waals surface area contributed by atoms with Gasteiger partial charge in [-0.15, -0.1) is 0 Å². The van der Waals surface area contributed by atoms with E-state index in [1.807, 2.05) is 31.2 Å². The third-order valence-corrected chi connectivity index (χ3v) is 5.04. The zero-order valence-corrected chi connectivity index (χ0v) is 15.1. The number of rotatable bonds is 3. The molecule has 1 saturated heterocycles. The highest BCUT2D eigenvalue weighted by atomic mass is 16.3. The van der Waals surface area contributed by atoms with E-state index in [0.717, 1.165) is 35.0 Å². The molecule has 0 saturated carbocycles. The van der Waals surface area contributed by atoms with Crippen LogP contribution in [-0.4, -0.2) is 34.8 Å². The molecule has 6 nitrogen and oxygen atoms in total. The Morgan fingerprint density at radius 1 is 1.22 bits per heavy atom. The van der Waals surface area contributed by atoms with Gasteiger partial charge >= 0.3 is 0 Å². The van der Waals surface area contributed by atoms with Gasteiger partial charge < -0.3 is 14.6 Å². The van der Waals surface area contributed by atoms with E-state index in [2.05, 4.69) is 10.3 Å². The van der Waals surface area contributed by atoms with Gasteiger partial charge in [-0.25, -0.2) is 0 Å². The van der Waals surface area contributed by atoms with E-state index in [-0.39, 0.29) is 17.7 Å². The molecule has 1 N–H and O–H groups in total. The number of hydrogen-bond donors (Lipinski definition) is 1. The number of piperidine rings is 1. The lowest BCUT2D eigenvalue weighted by molar-refractivity contribution is -0.121. The van der Waals surface area contributed by atoms with Gasteiger partial charge in [-0.1, -0.05) is 6.07 Å². The standard InChI is InChI=1S/C21H21N3O3/c1-14-8-9-17(16-6-2-10-22-19(14)16)23-20(25)15-5-3-11-24(13-15)21(26)18-7-4-12-27-18/h2,4,6-10,12,15H,3,5,11,13H2,1H3,(H,23,25)/t15-/m1/s1. The number of aryl methyl sites for hydroxylation is 1. The number of fused-ring (bicyclic) bond motifs is 1. The molecule has 2 amide bonds. The molecule has 3 heterocycles. The van der Waals surface area contributed by atoms with Crippen LogP contribution in [0.15, 0.2) is 53.3 Å². The first-order valence-electron chi connectivity index (χ1n) is 9.11. The summed E-state index contributed by atoms with van der Waals surface area (Å²) >= 11 is 0. The van der Waals surface area contributed by atoms with Crippen molar-refractivity contribution in [3.8, 4) is 0 Å². The lowest BCUT2D eigenvalue weighted by Gasteiger charge is -2.31. The van der Waals surface area contributed by atoms with Gasteiger partial charge in [-0.05, 0) is 55.7 Å². The zero-order chi connectivity index (χ0) is 18.8. The fourth-order valence-corrected chi connectivity index (χ4v) is 3.59. The minimum absolute atomic E-state index is 0.0686. The average molecular weight is 363 g/mol. The maximum Gasteiger partial charge on any atom is 0.289 e. The van der Waals surface area contributed by atoms with Crippen LogP contribution < -0.4 is 5.32 Å². The fraction of sp³-hybridized carbons (Fsp3) is 0.286. The summed E-state index contributed by atoms with van der Waals surface area (Å²) in [5.41, 5.74) is 2.70. The smallest absolute Gasteiger partial charge is 0.289 e. The highest BCUT2D eigenvalue weighted by molar-refractivity contribution is 6.03. The van der Waals surface area contributed by atoms with E-state index in [0.29, 0.717) is 18.8 Å². The topological polar surface area (TPSA) is 75.4 Å². The van der Waals surface area contributed by atoms with Gasteiger partial charge in [0.05, 0.1) is 23.4 Å². The monoisotopic (exact) mass is 363 g/mol. The summed E-state index contributed by atoms with van der Waals surface area (Å²) in [6.07, 6.45) is 4.79. The Kier molecular flexibility index (Phi) is 4.62. The number of nitrogens with one attached hydrogen (secondary N) is 1. The molecule has 1 atom stereocenters. The highest BCUT2D eigenvalue weighted by Crippen LogP contribution is 2.26. The van der Waals surface area contributed by atoms with Gasteiger partial charge in [-0.2, -0.15) is 0 Å². The Morgan fingerprint density at radius 3 is 2.93 bits per heavy atom. The van der Waals surface area contributed by atoms with Crippen LogP contribution >= 0.6 is 0 Å². The summed E-state index contributed by atoms with van der Waals surface area (Å²) in [5.74, 6) is -0.166. The maximum atomic E-state index is 12.9. The highest BCUT2D eigenvalue weighted by Gasteiger charge is 2.30. The molecule has 1 aromatic carbocycles. The molecule has 138 valence electrons. The van der Waals surface area contributed by atoms with Crippen LogP contribution in [0.3, 0.4) is 0 Å². The normalized spacial score (nSPS) is 17.1. The molecule has 0 bridgehead atoms. The lowest BCUT2D eigenvalue weighted by atomic mass is 9.96. The minimum Gasteiger partial charge on any atom is -0.459 e. The largest absolute Gasteiger partial charge is 0.459 e. The van der Waals surface area contributed by atoms with E-state index >= 15 is 0 Å². The van der Waals surface area contributed by atoms with Gasteiger partial charge in [0.2, 0.25) is 5.91 Å². The third kappa shape index (κ3) is 3.43. The van der Waals surface area contributed by atoms with Crippen LogP contribution in [0.5, 0.6) is 0 Å². The number of carbonyl (C=O) groups excluding carboxylic acids is 2. The third-order valence-electron chi connectivity index (χ3n) is 5.04. The van der Waals surface area contributed by atoms with Crippen molar-refractivity contribution in [3.05, 3.63) is 60.2 Å². The molecule has 1 fully saturated rings. The number of benzene rings is 1. The van der Waals surface area contributed by atoms with Crippen LogP contribution in [0.2, 0.25) is 0 Å². The van der Waals surface area contributed by atoms with Crippen molar-refractivity contribution in [2.24, 2.45) is 5.92 Å². The predicted molar refractivity (Wildman–Crippen MR) is 102 cm³/mol. The van der Waals surface area contributed by atoms with E-state index in [4.69, 9.17) is 4.42 Å². The molecular weight excluding hydrogens is 342 g/mol. The van der Waals surface area contributed by atoms with Gasteiger partial charge in [0.1, 0.15) is 0 Å². The van der Waals surface area contributed by atoms with E-state index in [9.17, 15) is 9.59 Å². The predicted octanol–water partition coefficient (Wildman–Crippen LogP) is 3.63. The van der Waals surface area contributed by atoms with Crippen molar-refractivity contribution >= 4 is 28.4 Å². The number of nitrogens with zero attached hydrogens (tertiary/aromatic N) is 2. The molecule has 1 aliphatic rings. The van der Waals surface area contributed by atoms with Crippen LogP contribution in [0, 0.1) is 12.8 Å². The lowest BCUT2D eigenvalue weighted by Crippen LogP contribution is -2.43. The van der Waals surface area contributed by atoms with E-state index < -0.39 is 0 Å². The first kappa shape index (κ1) is 17.3. The molecule has 6 heteroatoms. The second-order valence-electron chi connectivity index (χ2n) is 6.89. The number of amides is 2. The summed E-state index contributed by atoms with van der Waals surface area (Å²) < 4.78 is 5.20. The van der Waals surface area contributed by atoms with E-state index in [1.165, 1.54) is 6.26 Å². The van der Waals surface area contributed by atoms with Crippen molar-refractivity contribution in [2.75, 3.05) is 18.4 Å². The summed E-state index contributed by atoms with van der Waals surface area (Å²) in [5, 5.41) is 3.96. The first-order valence-corrected chi connectivity index (χ1v) is 9.11. The van der Waals surface area contributed by atoms with Crippen molar-refractivity contribution < 1.29 is 14.0 Å². The van der Waals surface area contributed by atoms with Gasteiger partial charge in [0, 0.05) is 24.7 Å². The van der Waals surface area contributed by atoms with Crippen molar-refractivity contribution in [1.29, 1.82) is 0 Å². The molecule has 4 rings (SSSR count). The van der Waals surface area contributed by atoms with Crippen molar-refractivity contribution in [1.82, 2.24) is 9.88 Å². The number of pyridine rings is 1. The second kappa shape index (κ2) is 7.23. The van der Waals surface area contributed by atoms with Gasteiger partial charge in [0.15, 0.2) is 5.76 Å². The molecule has 0 aliphatic carbocycles. The molecule has 3 aromatic rings. The molecule has 1 aliphatic heterocycles. The molecular formula is C21H21N3O3. The van der Waals surface area contributed by atoms with Crippen LogP contribution in [0.1, 0.15) is 29.0 Å². The molecule has 2 aromatic heterocycles. The average Bonchev–Trinajstić information content (AvgIpc) is 3.24. The van der Waals surface area contributed by atoms with Gasteiger partial charge in [0.25, 0.3) is 5.91 Å². The number of anilines is 1. The Balaban J connectivity index is 1.50. The van der Waals surface area contributed by atoms with Crippen molar-refractivity contribution in [2.45, 2.75) is 19.8 Å². The Labute approximate surface area is 157 Å². The molecule has 27 heavy (non-hydrogen) atoms. The van der Waals surface area contributed by atoms with Crippen molar-refractivity contribution in [3.63, 3.8) is 0 Å². The molecule has 0 radical (unpaired) electrons. The van der Waals surface area contributed by atoms with E-state index in [1.54, 1.807) is 23.2 Å². The molecule has 0 spiro atoms. The summed E-state index contributed by atoms with van der Waals surface area (Å²) in [6.45, 7) is 3.04. The number of aromatic nitrogens is 1. The van der Waals surface area contributed by atoms with Crippen LogP contribution in [0.4, 0.5) is 5.69 Å². The van der Waals surface area contributed by atoms with Gasteiger partial charge in [-0.3, -0.25) is 14.6 Å². The first-order chi connectivity index (χ1) is 13.1. The second-order valence-corrected chi connectivity index (χ2v) is 6.89.